The molecule has 0 unspecified atom stereocenters. The second-order valence-corrected chi connectivity index (χ2v) is 11.3. The van der Waals surface area contributed by atoms with Crippen LogP contribution < -0.4 is 18.9 Å². The fourth-order valence-electron chi connectivity index (χ4n) is 6.22. The third-order valence-electron chi connectivity index (χ3n) is 8.66. The summed E-state index contributed by atoms with van der Waals surface area (Å²) < 4.78 is 22.3. The topological polar surface area (TPSA) is 146 Å². The number of fused-ring (bicyclic) bond motifs is 20. The largest absolute Gasteiger partial charge is 0.497 e. The van der Waals surface area contributed by atoms with E-state index in [0.717, 1.165) is 43.8 Å². The number of rotatable bonds is 4. The van der Waals surface area contributed by atoms with E-state index in [-0.39, 0.29) is 0 Å². The van der Waals surface area contributed by atoms with Gasteiger partial charge in [-0.3, -0.25) is 0 Å². The van der Waals surface area contributed by atoms with Crippen LogP contribution in [-0.4, -0.2) is 68.3 Å². The molecule has 3 aromatic heterocycles. The fourth-order valence-corrected chi connectivity index (χ4v) is 6.22. The summed E-state index contributed by atoms with van der Waals surface area (Å²) in [4.78, 5) is 37.0. The molecule has 7 aromatic rings. The zero-order chi connectivity index (χ0) is 32.5. The molecule has 9 rings (SSSR count). The van der Waals surface area contributed by atoms with Crippen LogP contribution in [0.4, 0.5) is 0 Å². The molecular formula is C36H26N8O4. The van der Waals surface area contributed by atoms with Gasteiger partial charge < -0.3 is 28.9 Å². The van der Waals surface area contributed by atoms with E-state index in [0.29, 0.717) is 68.9 Å². The summed E-state index contributed by atoms with van der Waals surface area (Å²) in [5, 5.41) is 3.30. The minimum Gasteiger partial charge on any atom is -0.497 e. The Morgan fingerprint density at radius 1 is 0.354 bits per heavy atom. The standard InChI is InChI=1S/C36H26N8O4/c1-45-17-5-9-21-25(13-17)33-38-29(21)37-30-22-10-6-19(47-3)15-27(22)35(39-30)44-36-28-16-20(48-4)8-12-24(28)32(43-36)42-34-26-14-18(46-2)7-11-23(26)31(40-33)41-34/h5-16H,1-4H3,(H2,37,38,39,40,41,42,43,44). The van der Waals surface area contributed by atoms with E-state index in [2.05, 4.69) is 9.97 Å². The van der Waals surface area contributed by atoms with Crippen molar-refractivity contribution in [3.8, 4) is 68.5 Å². The minimum atomic E-state index is 0.471. The molecule has 12 nitrogen and oxygen atoms in total. The van der Waals surface area contributed by atoms with Gasteiger partial charge in [0.05, 0.1) is 28.4 Å². The van der Waals surface area contributed by atoms with Gasteiger partial charge in [0.25, 0.3) is 0 Å². The Morgan fingerprint density at radius 3 is 1.08 bits per heavy atom. The number of H-pyrrole nitrogens is 2. The Labute approximate surface area is 272 Å². The summed E-state index contributed by atoms with van der Waals surface area (Å²) in [6, 6.07) is 23.0. The molecule has 2 aliphatic rings. The van der Waals surface area contributed by atoms with E-state index in [9.17, 15) is 0 Å². The van der Waals surface area contributed by atoms with Crippen molar-refractivity contribution < 1.29 is 18.9 Å². The van der Waals surface area contributed by atoms with E-state index in [1.54, 1.807) is 28.4 Å². The SMILES string of the molecule is COc1ccc2c(c1)-c1nc-2nc2[nH]c(nc3nc(nc4[nH]c(n1)c1ccc(OC)cc41)-c1cc(OC)ccc1-3)c1ccc(OC)cc21. The molecule has 0 fully saturated rings. The van der Waals surface area contributed by atoms with E-state index < -0.39 is 0 Å². The molecule has 5 heterocycles. The number of hydrogen-bond donors (Lipinski definition) is 2. The smallest absolute Gasteiger partial charge is 0.164 e. The quantitative estimate of drug-likeness (QED) is 0.210. The Hall–Kier alpha value is -6.56. The zero-order valence-electron chi connectivity index (χ0n) is 26.2. The average molecular weight is 635 g/mol. The van der Waals surface area contributed by atoms with E-state index >= 15 is 0 Å². The number of benzene rings is 4. The summed E-state index contributed by atoms with van der Waals surface area (Å²) >= 11 is 0. The maximum Gasteiger partial charge on any atom is 0.164 e. The lowest BCUT2D eigenvalue weighted by Crippen LogP contribution is -1.86. The van der Waals surface area contributed by atoms with Crippen molar-refractivity contribution in [3.63, 3.8) is 0 Å². The van der Waals surface area contributed by atoms with Crippen molar-refractivity contribution >= 4 is 44.1 Å². The maximum atomic E-state index is 5.58. The molecule has 4 aromatic carbocycles. The van der Waals surface area contributed by atoms with Gasteiger partial charge in [-0.05, 0) is 72.8 Å². The number of aromatic amines is 2. The van der Waals surface area contributed by atoms with E-state index in [1.165, 1.54) is 0 Å². The molecule has 12 heteroatoms. The van der Waals surface area contributed by atoms with Crippen LogP contribution in [-0.2, 0) is 0 Å². The molecule has 0 atom stereocenters. The van der Waals surface area contributed by atoms with Crippen LogP contribution in [0.25, 0.3) is 89.7 Å². The van der Waals surface area contributed by atoms with Crippen LogP contribution in [0.3, 0.4) is 0 Å². The molecule has 0 saturated heterocycles. The molecule has 0 spiro atoms. The molecule has 2 aliphatic heterocycles. The first-order valence-electron chi connectivity index (χ1n) is 15.1. The van der Waals surface area contributed by atoms with E-state index in [1.807, 2.05) is 72.8 Å². The van der Waals surface area contributed by atoms with Gasteiger partial charge in [-0.15, -0.1) is 0 Å². The third kappa shape index (κ3) is 4.23. The first kappa shape index (κ1) is 27.7. The Kier molecular flexibility index (Phi) is 6.06. The highest BCUT2D eigenvalue weighted by molar-refractivity contribution is 6.07. The van der Waals surface area contributed by atoms with Crippen molar-refractivity contribution in [1.29, 1.82) is 0 Å². The summed E-state index contributed by atoms with van der Waals surface area (Å²) in [6.45, 7) is 0. The number of methoxy groups -OCH3 is 4. The highest BCUT2D eigenvalue weighted by Crippen LogP contribution is 2.39. The molecule has 0 aliphatic carbocycles. The minimum absolute atomic E-state index is 0.471. The van der Waals surface area contributed by atoms with Gasteiger partial charge in [0.15, 0.2) is 23.3 Å². The summed E-state index contributed by atoms with van der Waals surface area (Å²) in [6.07, 6.45) is 0. The number of hydrogen-bond acceptors (Lipinski definition) is 10. The predicted molar refractivity (Wildman–Crippen MR) is 182 cm³/mol. The lowest BCUT2D eigenvalue weighted by Gasteiger charge is -2.03. The van der Waals surface area contributed by atoms with Crippen molar-refractivity contribution in [2.24, 2.45) is 0 Å². The second kappa shape index (κ2) is 10.5. The summed E-state index contributed by atoms with van der Waals surface area (Å²) in [5.74, 6) is 4.65. The number of nitrogens with zero attached hydrogens (tertiary/aromatic N) is 6. The van der Waals surface area contributed by atoms with Crippen LogP contribution in [0.5, 0.6) is 23.0 Å². The first-order valence-corrected chi connectivity index (χ1v) is 15.1. The molecule has 8 bridgehead atoms. The number of ether oxygens (including phenoxy) is 4. The van der Waals surface area contributed by atoms with Crippen LogP contribution in [0, 0.1) is 0 Å². The average Bonchev–Trinajstić information content (AvgIpc) is 3.85. The van der Waals surface area contributed by atoms with Crippen LogP contribution in [0.1, 0.15) is 0 Å². The second-order valence-electron chi connectivity index (χ2n) is 11.3. The molecule has 0 amide bonds. The monoisotopic (exact) mass is 634 g/mol. The van der Waals surface area contributed by atoms with Crippen molar-refractivity contribution in [1.82, 2.24) is 39.9 Å². The first-order chi connectivity index (χ1) is 23.5. The molecule has 0 radical (unpaired) electrons. The molecule has 234 valence electrons. The van der Waals surface area contributed by atoms with Crippen molar-refractivity contribution in [2.45, 2.75) is 0 Å². The highest BCUT2D eigenvalue weighted by Gasteiger charge is 2.23. The zero-order valence-corrected chi connectivity index (χ0v) is 26.2. The molecule has 2 N–H and O–H groups in total. The molecule has 48 heavy (non-hydrogen) atoms. The van der Waals surface area contributed by atoms with Gasteiger partial charge >= 0.3 is 0 Å². The van der Waals surface area contributed by atoms with Crippen molar-refractivity contribution in [3.05, 3.63) is 72.8 Å². The summed E-state index contributed by atoms with van der Waals surface area (Å²) in [5.41, 5.74) is 5.47. The Bertz CT molecular complexity index is 2650. The fraction of sp³-hybridized carbons (Fsp3) is 0.111. The van der Waals surface area contributed by atoms with Crippen LogP contribution in [0.2, 0.25) is 0 Å². The van der Waals surface area contributed by atoms with Gasteiger partial charge in [0.2, 0.25) is 0 Å². The van der Waals surface area contributed by atoms with Crippen LogP contribution in [0.15, 0.2) is 72.8 Å². The van der Waals surface area contributed by atoms with Crippen LogP contribution >= 0.6 is 0 Å². The number of aromatic nitrogens is 8. The normalized spacial score (nSPS) is 11.8. The van der Waals surface area contributed by atoms with Gasteiger partial charge in [0.1, 0.15) is 45.6 Å². The van der Waals surface area contributed by atoms with Crippen molar-refractivity contribution in [2.75, 3.05) is 28.4 Å². The highest BCUT2D eigenvalue weighted by atomic mass is 16.5. The third-order valence-corrected chi connectivity index (χ3v) is 8.66. The predicted octanol–water partition coefficient (Wildman–Crippen LogP) is 6.90. The number of nitrogens with one attached hydrogen (secondary N) is 2. The lowest BCUT2D eigenvalue weighted by molar-refractivity contribution is 0.415. The lowest BCUT2D eigenvalue weighted by atomic mass is 10.1. The summed E-state index contributed by atoms with van der Waals surface area (Å²) in [7, 11) is 6.53. The van der Waals surface area contributed by atoms with Gasteiger partial charge in [-0.25, -0.2) is 29.9 Å². The van der Waals surface area contributed by atoms with E-state index in [4.69, 9.17) is 48.9 Å². The molecular weight excluding hydrogens is 608 g/mol. The Balaban J connectivity index is 1.48. The Morgan fingerprint density at radius 2 is 0.688 bits per heavy atom. The van der Waals surface area contributed by atoms with Gasteiger partial charge in [0, 0.05) is 43.8 Å². The molecule has 0 saturated carbocycles. The van der Waals surface area contributed by atoms with Gasteiger partial charge in [-0.1, -0.05) is 0 Å². The van der Waals surface area contributed by atoms with Gasteiger partial charge in [-0.2, -0.15) is 0 Å². The maximum absolute atomic E-state index is 5.58.